The van der Waals surface area contributed by atoms with Crippen LogP contribution in [0.3, 0.4) is 0 Å². The van der Waals surface area contributed by atoms with E-state index in [9.17, 15) is 9.18 Å². The van der Waals surface area contributed by atoms with Gasteiger partial charge in [0.2, 0.25) is 11.7 Å². The van der Waals surface area contributed by atoms with Crippen LogP contribution >= 0.6 is 0 Å². The molecule has 1 aliphatic rings. The van der Waals surface area contributed by atoms with E-state index in [1.165, 1.54) is 12.1 Å². The number of piperidine rings is 1. The fourth-order valence-corrected chi connectivity index (χ4v) is 3.96. The average Bonchev–Trinajstić information content (AvgIpc) is 3.34. The number of ether oxygens (including phenoxy) is 1. The van der Waals surface area contributed by atoms with Crippen molar-refractivity contribution in [3.8, 4) is 11.1 Å². The van der Waals surface area contributed by atoms with Crippen LogP contribution in [-0.2, 0) is 11.3 Å². The van der Waals surface area contributed by atoms with E-state index in [2.05, 4.69) is 25.3 Å². The van der Waals surface area contributed by atoms with Crippen molar-refractivity contribution >= 4 is 11.9 Å². The van der Waals surface area contributed by atoms with Gasteiger partial charge in [-0.25, -0.2) is 14.2 Å². The molecule has 0 bridgehead atoms. The number of alkyl carbamates (subject to hydrolysis) is 1. The van der Waals surface area contributed by atoms with Gasteiger partial charge in [0.25, 0.3) is 0 Å². The highest BCUT2D eigenvalue weighted by Gasteiger charge is 2.20. The fraction of sp³-hybridized carbons (Fsp3) is 0.440. The summed E-state index contributed by atoms with van der Waals surface area (Å²) in [5.41, 5.74) is 1.92. The zero-order valence-electron chi connectivity index (χ0n) is 19.5. The molecular formula is C25H30FN5O3. The largest absolute Gasteiger partial charge is 0.441 e. The van der Waals surface area contributed by atoms with Crippen LogP contribution in [0.2, 0.25) is 0 Å². The van der Waals surface area contributed by atoms with Gasteiger partial charge in [0.15, 0.2) is 6.61 Å². The number of rotatable bonds is 8. The second-order valence-electron chi connectivity index (χ2n) is 8.84. The molecular weight excluding hydrogens is 437 g/mol. The van der Waals surface area contributed by atoms with E-state index in [1.807, 2.05) is 32.2 Å². The Labute approximate surface area is 198 Å². The van der Waals surface area contributed by atoms with Gasteiger partial charge >= 0.3 is 6.09 Å². The van der Waals surface area contributed by atoms with Crippen molar-refractivity contribution in [2.24, 2.45) is 5.92 Å². The lowest BCUT2D eigenvalue weighted by atomic mass is 9.93. The molecule has 4 rings (SSSR count). The standard InChI is InChI=1S/C25H30FN5O3/c1-17(2)24-29-22(30-34-24)16-33-25(32)27-12-9-18-10-13-31(14-11-18)23-8-5-20(15-28-23)19-3-6-21(26)7-4-19/h3-8,15,17-18H,9-14,16H2,1-2H3,(H,27,32). The molecule has 0 saturated carbocycles. The van der Waals surface area contributed by atoms with Crippen LogP contribution in [-0.4, -0.2) is 40.9 Å². The summed E-state index contributed by atoms with van der Waals surface area (Å²) in [5.74, 6) is 2.29. The molecule has 0 radical (unpaired) electrons. The van der Waals surface area contributed by atoms with E-state index in [-0.39, 0.29) is 18.3 Å². The number of anilines is 1. The first kappa shape index (κ1) is 23.7. The first-order valence-electron chi connectivity index (χ1n) is 11.7. The van der Waals surface area contributed by atoms with Gasteiger partial charge in [-0.05, 0) is 55.0 Å². The van der Waals surface area contributed by atoms with Gasteiger partial charge in [-0.3, -0.25) is 0 Å². The van der Waals surface area contributed by atoms with Crippen molar-refractivity contribution in [1.29, 1.82) is 0 Å². The summed E-state index contributed by atoms with van der Waals surface area (Å²) < 4.78 is 23.4. The molecule has 1 aromatic carbocycles. The van der Waals surface area contributed by atoms with E-state index in [0.29, 0.717) is 24.2 Å². The molecule has 3 heterocycles. The van der Waals surface area contributed by atoms with Crippen LogP contribution in [0.25, 0.3) is 11.1 Å². The Kier molecular flexibility index (Phi) is 7.72. The van der Waals surface area contributed by atoms with E-state index in [1.54, 1.807) is 12.1 Å². The summed E-state index contributed by atoms with van der Waals surface area (Å²) in [7, 11) is 0. The molecule has 1 aliphatic heterocycles. The number of hydrogen-bond donors (Lipinski definition) is 1. The van der Waals surface area contributed by atoms with Crippen molar-refractivity contribution in [2.75, 3.05) is 24.5 Å². The van der Waals surface area contributed by atoms with Crippen molar-refractivity contribution in [1.82, 2.24) is 20.4 Å². The van der Waals surface area contributed by atoms with E-state index in [0.717, 1.165) is 49.3 Å². The first-order chi connectivity index (χ1) is 16.5. The maximum Gasteiger partial charge on any atom is 0.407 e. The normalized spacial score (nSPS) is 14.4. The topological polar surface area (TPSA) is 93.4 Å². The van der Waals surface area contributed by atoms with Crippen LogP contribution in [0.15, 0.2) is 47.1 Å². The maximum atomic E-state index is 13.1. The lowest BCUT2D eigenvalue weighted by molar-refractivity contribution is 0.135. The lowest BCUT2D eigenvalue weighted by Crippen LogP contribution is -2.35. The molecule has 0 aliphatic carbocycles. The monoisotopic (exact) mass is 467 g/mol. The number of hydrogen-bond acceptors (Lipinski definition) is 7. The van der Waals surface area contributed by atoms with Crippen molar-refractivity contribution in [3.05, 3.63) is 60.1 Å². The Bertz CT molecular complexity index is 1060. The number of halogens is 1. The number of amides is 1. The quantitative estimate of drug-likeness (QED) is 0.502. The third-order valence-corrected chi connectivity index (χ3v) is 6.00. The Hall–Kier alpha value is -3.49. The van der Waals surface area contributed by atoms with Crippen LogP contribution < -0.4 is 10.2 Å². The van der Waals surface area contributed by atoms with Crippen LogP contribution in [0.4, 0.5) is 15.0 Å². The van der Waals surface area contributed by atoms with Gasteiger partial charge in [-0.2, -0.15) is 4.98 Å². The Morgan fingerprint density at radius 1 is 1.18 bits per heavy atom. The van der Waals surface area contributed by atoms with E-state index < -0.39 is 6.09 Å². The van der Waals surface area contributed by atoms with Gasteiger partial charge in [-0.15, -0.1) is 0 Å². The highest BCUT2D eigenvalue weighted by molar-refractivity contribution is 5.67. The number of nitrogens with zero attached hydrogens (tertiary/aromatic N) is 4. The number of carbonyl (C=O) groups is 1. The maximum absolute atomic E-state index is 13.1. The minimum absolute atomic E-state index is 0.00656. The zero-order valence-corrected chi connectivity index (χ0v) is 19.5. The zero-order chi connectivity index (χ0) is 23.9. The molecule has 9 heteroatoms. The summed E-state index contributed by atoms with van der Waals surface area (Å²) in [4.78, 5) is 23.0. The van der Waals surface area contributed by atoms with Crippen LogP contribution in [0, 0.1) is 11.7 Å². The second-order valence-corrected chi connectivity index (χ2v) is 8.84. The number of aromatic nitrogens is 3. The highest BCUT2D eigenvalue weighted by Crippen LogP contribution is 2.26. The van der Waals surface area contributed by atoms with Crippen molar-refractivity contribution in [2.45, 2.75) is 45.6 Å². The molecule has 0 spiro atoms. The predicted molar refractivity (Wildman–Crippen MR) is 126 cm³/mol. The highest BCUT2D eigenvalue weighted by atomic mass is 19.1. The Morgan fingerprint density at radius 2 is 1.91 bits per heavy atom. The van der Waals surface area contributed by atoms with Gasteiger partial charge in [0, 0.05) is 37.3 Å². The summed E-state index contributed by atoms with van der Waals surface area (Å²) in [6, 6.07) is 10.5. The molecule has 180 valence electrons. The lowest BCUT2D eigenvalue weighted by Gasteiger charge is -2.32. The molecule has 0 atom stereocenters. The summed E-state index contributed by atoms with van der Waals surface area (Å²) in [5, 5.41) is 6.61. The van der Waals surface area contributed by atoms with Gasteiger partial charge in [0.1, 0.15) is 11.6 Å². The van der Waals surface area contributed by atoms with Gasteiger partial charge < -0.3 is 19.5 Å². The molecule has 1 amide bonds. The third-order valence-electron chi connectivity index (χ3n) is 6.00. The summed E-state index contributed by atoms with van der Waals surface area (Å²) in [6.07, 6.45) is 4.35. The smallest absolute Gasteiger partial charge is 0.407 e. The van der Waals surface area contributed by atoms with Crippen molar-refractivity contribution < 1.29 is 18.4 Å². The SMILES string of the molecule is CC(C)c1nc(COC(=O)NCCC2CCN(c3ccc(-c4ccc(F)cc4)cn3)CC2)no1. The van der Waals surface area contributed by atoms with E-state index >= 15 is 0 Å². The fourth-order valence-electron chi connectivity index (χ4n) is 3.96. The average molecular weight is 468 g/mol. The number of carbonyl (C=O) groups excluding carboxylic acids is 1. The minimum atomic E-state index is -0.473. The molecule has 3 aromatic rings. The first-order valence-corrected chi connectivity index (χ1v) is 11.7. The molecule has 34 heavy (non-hydrogen) atoms. The number of pyridine rings is 1. The van der Waals surface area contributed by atoms with Crippen molar-refractivity contribution in [3.63, 3.8) is 0 Å². The molecule has 0 unspecified atom stereocenters. The third kappa shape index (κ3) is 6.30. The molecule has 1 saturated heterocycles. The Morgan fingerprint density at radius 3 is 2.56 bits per heavy atom. The summed E-state index contributed by atoms with van der Waals surface area (Å²) in [6.45, 7) is 6.32. The molecule has 1 N–H and O–H groups in total. The van der Waals surface area contributed by atoms with Crippen LogP contribution in [0.1, 0.15) is 50.7 Å². The number of benzene rings is 1. The van der Waals surface area contributed by atoms with Gasteiger partial charge in [-0.1, -0.05) is 31.1 Å². The number of nitrogens with one attached hydrogen (secondary N) is 1. The molecule has 1 fully saturated rings. The van der Waals surface area contributed by atoms with Crippen LogP contribution in [0.5, 0.6) is 0 Å². The van der Waals surface area contributed by atoms with Gasteiger partial charge in [0.05, 0.1) is 0 Å². The molecule has 8 nitrogen and oxygen atoms in total. The predicted octanol–water partition coefficient (Wildman–Crippen LogP) is 4.93. The summed E-state index contributed by atoms with van der Waals surface area (Å²) >= 11 is 0. The molecule has 2 aromatic heterocycles. The minimum Gasteiger partial charge on any atom is -0.441 e. The second kappa shape index (κ2) is 11.1. The Balaban J connectivity index is 1.15. The van der Waals surface area contributed by atoms with E-state index in [4.69, 9.17) is 9.26 Å².